The maximum absolute atomic E-state index is 2.58. The molecule has 0 fully saturated rings. The van der Waals surface area contributed by atoms with Crippen molar-refractivity contribution in [1.82, 2.24) is 9.80 Å². The Balaban J connectivity index is 4.51. The average Bonchev–Trinajstić information content (AvgIpc) is 2.33. The topological polar surface area (TPSA) is 6.48 Å². The van der Waals surface area contributed by atoms with Crippen LogP contribution in [0.15, 0.2) is 0 Å². The van der Waals surface area contributed by atoms with Crippen molar-refractivity contribution < 1.29 is 0 Å². The highest BCUT2D eigenvalue weighted by molar-refractivity contribution is 14.1. The second kappa shape index (κ2) is 8.75. The molecular weight excluding hydrogens is 335 g/mol. The van der Waals surface area contributed by atoms with Gasteiger partial charge in [-0.05, 0) is 66.6 Å². The van der Waals surface area contributed by atoms with Crippen molar-refractivity contribution in [2.24, 2.45) is 5.41 Å². The molecule has 0 aromatic heterocycles. The van der Waals surface area contributed by atoms with Gasteiger partial charge in [0.2, 0.25) is 0 Å². The molecule has 0 amide bonds. The Kier molecular flexibility index (Phi) is 9.06. The van der Waals surface area contributed by atoms with Gasteiger partial charge in [-0.1, -0.05) is 29.5 Å². The van der Waals surface area contributed by atoms with Crippen LogP contribution in [0.4, 0.5) is 0 Å². The van der Waals surface area contributed by atoms with Crippen LogP contribution in [0.25, 0.3) is 0 Å². The van der Waals surface area contributed by atoms with Gasteiger partial charge < -0.3 is 9.80 Å². The van der Waals surface area contributed by atoms with Crippen LogP contribution in [0, 0.1) is 5.41 Å². The minimum atomic E-state index is 0.475. The van der Waals surface area contributed by atoms with Gasteiger partial charge in [0.25, 0.3) is 0 Å². The minimum Gasteiger partial charge on any atom is -0.304 e. The molecule has 0 aliphatic carbocycles. The maximum atomic E-state index is 2.58. The Labute approximate surface area is 129 Å². The first-order valence-electron chi connectivity index (χ1n) is 7.24. The summed E-state index contributed by atoms with van der Waals surface area (Å²) in [5.41, 5.74) is 0.475. The smallest absolute Gasteiger partial charge is 0.00646 e. The van der Waals surface area contributed by atoms with Gasteiger partial charge in [0.05, 0.1) is 0 Å². The molecule has 0 aromatic rings. The molecule has 0 radical (unpaired) electrons. The molecule has 0 heterocycles. The molecule has 3 heteroatoms. The summed E-state index contributed by atoms with van der Waals surface area (Å²) >= 11 is 2.58. The lowest BCUT2D eigenvalue weighted by Gasteiger charge is -2.38. The zero-order chi connectivity index (χ0) is 14.3. The van der Waals surface area contributed by atoms with Crippen LogP contribution in [0.3, 0.4) is 0 Å². The van der Waals surface area contributed by atoms with E-state index in [1.165, 1.54) is 30.4 Å². The number of halogens is 1. The predicted molar refractivity (Wildman–Crippen MR) is 91.8 cm³/mol. The highest BCUT2D eigenvalue weighted by Gasteiger charge is 2.29. The van der Waals surface area contributed by atoms with E-state index in [0.29, 0.717) is 17.5 Å². The lowest BCUT2D eigenvalue weighted by Crippen LogP contribution is -2.42. The summed E-state index contributed by atoms with van der Waals surface area (Å²) < 4.78 is 1.25. The van der Waals surface area contributed by atoms with Gasteiger partial charge in [-0.15, -0.1) is 0 Å². The molecule has 1 unspecified atom stereocenters. The van der Waals surface area contributed by atoms with E-state index in [-0.39, 0.29) is 0 Å². The SMILES string of the molecule is CCC(CI)(CCN(C)C(C)C)CN(C)C(C)C. The van der Waals surface area contributed by atoms with E-state index >= 15 is 0 Å². The largest absolute Gasteiger partial charge is 0.304 e. The highest BCUT2D eigenvalue weighted by Crippen LogP contribution is 2.31. The van der Waals surface area contributed by atoms with E-state index in [0.717, 1.165) is 0 Å². The molecule has 0 saturated carbocycles. The molecule has 0 N–H and O–H groups in total. The molecule has 18 heavy (non-hydrogen) atoms. The molecule has 0 aliphatic rings. The van der Waals surface area contributed by atoms with E-state index in [1.54, 1.807) is 0 Å². The number of rotatable bonds is 9. The summed E-state index contributed by atoms with van der Waals surface area (Å²) in [6.07, 6.45) is 2.58. The van der Waals surface area contributed by atoms with Gasteiger partial charge >= 0.3 is 0 Å². The van der Waals surface area contributed by atoms with E-state index in [9.17, 15) is 0 Å². The molecule has 0 rings (SSSR count). The predicted octanol–water partition coefficient (Wildman–Crippen LogP) is 3.89. The second-order valence-electron chi connectivity index (χ2n) is 6.32. The zero-order valence-electron chi connectivity index (χ0n) is 13.5. The van der Waals surface area contributed by atoms with Crippen molar-refractivity contribution in [2.75, 3.05) is 31.6 Å². The van der Waals surface area contributed by atoms with Crippen LogP contribution in [0.1, 0.15) is 47.5 Å². The first kappa shape index (κ1) is 18.7. The fourth-order valence-corrected chi connectivity index (χ4v) is 3.12. The second-order valence-corrected chi connectivity index (χ2v) is 7.08. The van der Waals surface area contributed by atoms with Gasteiger partial charge in [0.1, 0.15) is 0 Å². The van der Waals surface area contributed by atoms with Crippen molar-refractivity contribution in [3.05, 3.63) is 0 Å². The number of nitrogens with zero attached hydrogens (tertiary/aromatic N) is 2. The van der Waals surface area contributed by atoms with Crippen LogP contribution in [-0.2, 0) is 0 Å². The first-order valence-corrected chi connectivity index (χ1v) is 8.77. The Bertz CT molecular complexity index is 213. The van der Waals surface area contributed by atoms with E-state index in [2.05, 4.69) is 81.1 Å². The molecule has 0 saturated heterocycles. The van der Waals surface area contributed by atoms with Crippen molar-refractivity contribution in [1.29, 1.82) is 0 Å². The van der Waals surface area contributed by atoms with E-state index in [4.69, 9.17) is 0 Å². The Morgan fingerprint density at radius 1 is 1.00 bits per heavy atom. The van der Waals surface area contributed by atoms with Crippen molar-refractivity contribution in [3.63, 3.8) is 0 Å². The summed E-state index contributed by atoms with van der Waals surface area (Å²) in [4.78, 5) is 4.96. The van der Waals surface area contributed by atoms with E-state index < -0.39 is 0 Å². The molecule has 110 valence electrons. The summed E-state index contributed by atoms with van der Waals surface area (Å²) in [5, 5.41) is 0. The van der Waals surface area contributed by atoms with Gasteiger partial charge in [0, 0.05) is 23.1 Å². The Hall–Kier alpha value is 0.650. The fourth-order valence-electron chi connectivity index (χ4n) is 1.95. The van der Waals surface area contributed by atoms with Gasteiger partial charge in [-0.25, -0.2) is 0 Å². The quantitative estimate of drug-likeness (QED) is 0.450. The van der Waals surface area contributed by atoms with Crippen molar-refractivity contribution in [3.8, 4) is 0 Å². The molecule has 0 spiro atoms. The molecule has 1 atom stereocenters. The van der Waals surface area contributed by atoms with Gasteiger partial charge in [-0.2, -0.15) is 0 Å². The normalized spacial score (nSPS) is 16.0. The third-order valence-corrected chi connectivity index (χ3v) is 5.99. The first-order chi connectivity index (χ1) is 8.28. The number of hydrogen-bond donors (Lipinski definition) is 0. The fraction of sp³-hybridized carbons (Fsp3) is 1.00. The highest BCUT2D eigenvalue weighted by atomic mass is 127. The standard InChI is InChI=1S/C15H33IN2/c1-8-15(11-16,12-18(7)14(4)5)9-10-17(6)13(2)3/h13-14H,8-12H2,1-7H3. The monoisotopic (exact) mass is 368 g/mol. The summed E-state index contributed by atoms with van der Waals surface area (Å²) in [7, 11) is 4.50. The summed E-state index contributed by atoms with van der Waals surface area (Å²) in [6.45, 7) is 13.9. The molecular formula is C15H33IN2. The van der Waals surface area contributed by atoms with Gasteiger partial charge in [-0.3, -0.25) is 0 Å². The molecule has 0 bridgehead atoms. The van der Waals surface area contributed by atoms with Crippen molar-refractivity contribution in [2.45, 2.75) is 59.5 Å². The molecule has 2 nitrogen and oxygen atoms in total. The zero-order valence-corrected chi connectivity index (χ0v) is 15.6. The van der Waals surface area contributed by atoms with Crippen LogP contribution < -0.4 is 0 Å². The lowest BCUT2D eigenvalue weighted by atomic mass is 9.83. The Morgan fingerprint density at radius 2 is 1.50 bits per heavy atom. The van der Waals surface area contributed by atoms with Crippen molar-refractivity contribution >= 4 is 22.6 Å². The molecule has 0 aliphatic heterocycles. The van der Waals surface area contributed by atoms with Crippen LogP contribution in [-0.4, -0.2) is 53.5 Å². The lowest BCUT2D eigenvalue weighted by molar-refractivity contribution is 0.133. The van der Waals surface area contributed by atoms with Crippen LogP contribution in [0.2, 0.25) is 0 Å². The Morgan fingerprint density at radius 3 is 1.83 bits per heavy atom. The van der Waals surface area contributed by atoms with Crippen LogP contribution >= 0.6 is 22.6 Å². The van der Waals surface area contributed by atoms with Crippen LogP contribution in [0.5, 0.6) is 0 Å². The minimum absolute atomic E-state index is 0.475. The number of alkyl halides is 1. The third-order valence-electron chi connectivity index (χ3n) is 4.38. The summed E-state index contributed by atoms with van der Waals surface area (Å²) in [5.74, 6) is 0. The average molecular weight is 368 g/mol. The van der Waals surface area contributed by atoms with Gasteiger partial charge in [0.15, 0.2) is 0 Å². The maximum Gasteiger partial charge on any atom is 0.00646 e. The third kappa shape index (κ3) is 6.20. The molecule has 0 aromatic carbocycles. The number of hydrogen-bond acceptors (Lipinski definition) is 2. The van der Waals surface area contributed by atoms with E-state index in [1.807, 2.05) is 0 Å². The summed E-state index contributed by atoms with van der Waals surface area (Å²) in [6, 6.07) is 1.29.